The molecule has 13 heteroatoms. The van der Waals surface area contributed by atoms with Crippen LogP contribution in [0.4, 0.5) is 24.9 Å². The second kappa shape index (κ2) is 9.14. The molecule has 0 spiro atoms. The zero-order valence-corrected chi connectivity index (χ0v) is 18.5. The van der Waals surface area contributed by atoms with Crippen molar-refractivity contribution in [3.05, 3.63) is 71.0 Å². The highest BCUT2D eigenvalue weighted by molar-refractivity contribution is 6.30. The Morgan fingerprint density at radius 3 is 2.71 bits per heavy atom. The summed E-state index contributed by atoms with van der Waals surface area (Å²) in [4.78, 5) is 25.2. The first-order valence-corrected chi connectivity index (χ1v) is 10.2. The molecule has 0 unspecified atom stereocenters. The van der Waals surface area contributed by atoms with Crippen LogP contribution in [0.3, 0.4) is 0 Å². The number of aryl methyl sites for hydroxylation is 2. The number of rotatable bonds is 6. The summed E-state index contributed by atoms with van der Waals surface area (Å²) >= 11 is 5.81. The highest BCUT2D eigenvalue weighted by Crippen LogP contribution is 2.34. The Balaban J connectivity index is 1.57. The van der Waals surface area contributed by atoms with Crippen molar-refractivity contribution >= 4 is 29.3 Å². The molecule has 4 aromatic rings. The lowest BCUT2D eigenvalue weighted by Gasteiger charge is -2.21. The van der Waals surface area contributed by atoms with Gasteiger partial charge in [-0.05, 0) is 30.2 Å². The number of hydrogen-bond donors (Lipinski definition) is 2. The second-order valence-electron chi connectivity index (χ2n) is 7.23. The smallest absolute Gasteiger partial charge is 0.412 e. The van der Waals surface area contributed by atoms with Gasteiger partial charge >= 0.3 is 12.1 Å². The van der Waals surface area contributed by atoms with Gasteiger partial charge in [0.1, 0.15) is 23.5 Å². The number of oxazole rings is 1. The fourth-order valence-corrected chi connectivity index (χ4v) is 3.29. The predicted octanol–water partition coefficient (Wildman–Crippen LogP) is 4.60. The van der Waals surface area contributed by atoms with E-state index in [0.717, 1.165) is 12.3 Å². The van der Waals surface area contributed by atoms with Crippen molar-refractivity contribution in [2.24, 2.45) is 7.05 Å². The van der Waals surface area contributed by atoms with E-state index in [1.807, 2.05) is 5.32 Å². The van der Waals surface area contributed by atoms with Gasteiger partial charge in [0.15, 0.2) is 6.04 Å². The van der Waals surface area contributed by atoms with Crippen molar-refractivity contribution < 1.29 is 22.4 Å². The molecule has 176 valence electrons. The minimum atomic E-state index is -4.77. The summed E-state index contributed by atoms with van der Waals surface area (Å²) in [7, 11) is 1.73. The van der Waals surface area contributed by atoms with Crippen LogP contribution in [0.5, 0.6) is 0 Å². The number of halogens is 4. The van der Waals surface area contributed by atoms with Crippen LogP contribution in [-0.4, -0.2) is 36.8 Å². The third kappa shape index (κ3) is 5.01. The minimum absolute atomic E-state index is 0.106. The number of anilines is 2. The van der Waals surface area contributed by atoms with E-state index in [2.05, 4.69) is 25.4 Å². The Kier molecular flexibility index (Phi) is 6.24. The van der Waals surface area contributed by atoms with Crippen molar-refractivity contribution in [1.29, 1.82) is 0 Å². The average molecular weight is 492 g/mol. The number of hydrogen-bond acceptors (Lipinski definition) is 7. The van der Waals surface area contributed by atoms with Gasteiger partial charge in [-0.15, -0.1) is 0 Å². The molecule has 4 rings (SSSR count). The van der Waals surface area contributed by atoms with Crippen LogP contribution >= 0.6 is 11.6 Å². The van der Waals surface area contributed by atoms with Crippen LogP contribution in [-0.2, 0) is 7.05 Å². The Labute approximate surface area is 196 Å². The number of carbonyl (C=O) groups is 1. The molecule has 0 saturated heterocycles. The normalized spacial score (nSPS) is 12.4. The van der Waals surface area contributed by atoms with E-state index >= 15 is 0 Å². The predicted molar refractivity (Wildman–Crippen MR) is 116 cm³/mol. The van der Waals surface area contributed by atoms with Crippen molar-refractivity contribution in [2.45, 2.75) is 19.1 Å². The van der Waals surface area contributed by atoms with Crippen LogP contribution in [0, 0.1) is 6.92 Å². The highest BCUT2D eigenvalue weighted by atomic mass is 35.5. The number of amides is 1. The topological polar surface area (TPSA) is 111 Å². The molecule has 0 saturated carbocycles. The number of alkyl halides is 3. The van der Waals surface area contributed by atoms with Gasteiger partial charge in [0, 0.05) is 24.3 Å². The first-order valence-electron chi connectivity index (χ1n) is 9.79. The summed E-state index contributed by atoms with van der Waals surface area (Å²) in [5, 5.41) is 9.05. The van der Waals surface area contributed by atoms with E-state index in [-0.39, 0.29) is 22.2 Å². The lowest BCUT2D eigenvalue weighted by molar-refractivity contribution is -0.155. The minimum Gasteiger partial charge on any atom is -0.440 e. The molecule has 1 amide bonds. The number of aromatic nitrogens is 5. The fourth-order valence-electron chi connectivity index (χ4n) is 3.09. The summed E-state index contributed by atoms with van der Waals surface area (Å²) in [6, 6.07) is 4.56. The summed E-state index contributed by atoms with van der Waals surface area (Å²) in [5.41, 5.74) is 0.884. The fraction of sp³-hybridized carbons (Fsp3) is 0.190. The van der Waals surface area contributed by atoms with Crippen molar-refractivity contribution in [3.63, 3.8) is 0 Å². The summed E-state index contributed by atoms with van der Waals surface area (Å²) < 4.78 is 47.6. The molecule has 0 radical (unpaired) electrons. The van der Waals surface area contributed by atoms with Crippen molar-refractivity contribution in [2.75, 3.05) is 5.32 Å². The maximum absolute atomic E-state index is 13.6. The molecule has 3 aromatic heterocycles. The first-order chi connectivity index (χ1) is 16.1. The maximum atomic E-state index is 13.6. The van der Waals surface area contributed by atoms with Gasteiger partial charge in [-0.2, -0.15) is 18.3 Å². The summed E-state index contributed by atoms with van der Waals surface area (Å²) in [6.45, 7) is 1.72. The van der Waals surface area contributed by atoms with E-state index in [1.54, 1.807) is 30.9 Å². The third-order valence-electron chi connectivity index (χ3n) is 4.76. The zero-order chi connectivity index (χ0) is 24.5. The van der Waals surface area contributed by atoms with Gasteiger partial charge in [0.05, 0.1) is 6.20 Å². The maximum Gasteiger partial charge on any atom is 0.412 e. The summed E-state index contributed by atoms with van der Waals surface area (Å²) in [6.07, 6.45) is -0.503. The van der Waals surface area contributed by atoms with Gasteiger partial charge in [0.2, 0.25) is 5.95 Å². The quantitative estimate of drug-likeness (QED) is 0.405. The number of nitrogens with zero attached hydrogens (tertiary/aromatic N) is 5. The summed E-state index contributed by atoms with van der Waals surface area (Å²) in [5.74, 6) is -0.829. The lowest BCUT2D eigenvalue weighted by atomic mass is 10.1. The standard InChI is InChI=1S/C21H17ClF3N7O2/c1-11-9-26-20(29-15-6-7-27-32(15)2)30-16(11)14-10-34-19(28-14)18(33)31-17(21(23,24)25)12-4-3-5-13(22)8-12/h3-10,17H,1-2H3,(H,31,33)(H,26,29,30)/t17-/m0/s1. The highest BCUT2D eigenvalue weighted by Gasteiger charge is 2.42. The van der Waals surface area contributed by atoms with Gasteiger partial charge in [-0.1, -0.05) is 23.7 Å². The molecule has 3 heterocycles. The Morgan fingerprint density at radius 2 is 2.03 bits per heavy atom. The van der Waals surface area contributed by atoms with Crippen LogP contribution in [0.25, 0.3) is 11.4 Å². The molecule has 1 atom stereocenters. The number of benzene rings is 1. The first kappa shape index (κ1) is 23.2. The molecule has 0 bridgehead atoms. The molecular weight excluding hydrogens is 475 g/mol. The molecule has 0 fully saturated rings. The van der Waals surface area contributed by atoms with E-state index in [1.165, 1.54) is 24.4 Å². The van der Waals surface area contributed by atoms with Gasteiger partial charge < -0.3 is 15.1 Å². The molecule has 1 aromatic carbocycles. The average Bonchev–Trinajstić information content (AvgIpc) is 3.42. The monoisotopic (exact) mass is 491 g/mol. The molecule has 9 nitrogen and oxygen atoms in total. The van der Waals surface area contributed by atoms with E-state index in [0.29, 0.717) is 17.1 Å². The molecule has 0 aliphatic carbocycles. The lowest BCUT2D eigenvalue weighted by Crippen LogP contribution is -2.38. The van der Waals surface area contributed by atoms with E-state index < -0.39 is 24.0 Å². The molecule has 2 N–H and O–H groups in total. The molecular formula is C21H17ClF3N7O2. The second-order valence-corrected chi connectivity index (χ2v) is 7.67. The van der Waals surface area contributed by atoms with Crippen molar-refractivity contribution in [1.82, 2.24) is 30.0 Å². The van der Waals surface area contributed by atoms with Crippen LogP contribution < -0.4 is 10.6 Å². The number of carbonyl (C=O) groups excluding carboxylic acids is 1. The van der Waals surface area contributed by atoms with E-state index in [4.69, 9.17) is 16.0 Å². The van der Waals surface area contributed by atoms with Crippen molar-refractivity contribution in [3.8, 4) is 11.4 Å². The molecule has 0 aliphatic rings. The third-order valence-corrected chi connectivity index (χ3v) is 4.99. The Morgan fingerprint density at radius 1 is 1.24 bits per heavy atom. The van der Waals surface area contributed by atoms with Gasteiger partial charge in [-0.25, -0.2) is 15.0 Å². The number of nitrogens with one attached hydrogen (secondary N) is 2. The Hall–Kier alpha value is -3.93. The largest absolute Gasteiger partial charge is 0.440 e. The Bertz CT molecular complexity index is 1340. The van der Waals surface area contributed by atoms with Gasteiger partial charge in [0.25, 0.3) is 5.89 Å². The van der Waals surface area contributed by atoms with E-state index in [9.17, 15) is 18.0 Å². The SMILES string of the molecule is Cc1cnc(Nc2ccnn2C)nc1-c1coc(C(=O)N[C@@H](c2cccc(Cl)c2)C(F)(F)F)n1. The van der Waals surface area contributed by atoms with Crippen LogP contribution in [0.15, 0.2) is 53.4 Å². The molecule has 34 heavy (non-hydrogen) atoms. The van der Waals surface area contributed by atoms with Crippen LogP contribution in [0.2, 0.25) is 5.02 Å². The van der Waals surface area contributed by atoms with Gasteiger partial charge in [-0.3, -0.25) is 9.48 Å². The molecule has 0 aliphatic heterocycles. The van der Waals surface area contributed by atoms with Crippen LogP contribution in [0.1, 0.15) is 27.9 Å². The zero-order valence-electron chi connectivity index (χ0n) is 17.8.